The van der Waals surface area contributed by atoms with Crippen molar-refractivity contribution in [3.8, 4) is 0 Å². The Morgan fingerprint density at radius 2 is 1.77 bits per heavy atom. The summed E-state index contributed by atoms with van der Waals surface area (Å²) in [5.41, 5.74) is 1.93. The van der Waals surface area contributed by atoms with Crippen molar-refractivity contribution in [2.45, 2.75) is 44.7 Å². The number of hydrogen-bond donors (Lipinski definition) is 1. The Kier molecular flexibility index (Phi) is 6.03. The van der Waals surface area contributed by atoms with Gasteiger partial charge in [-0.15, -0.1) is 5.10 Å². The minimum Gasteiger partial charge on any atom is -0.326 e. The number of amides is 1. The van der Waals surface area contributed by atoms with E-state index in [0.29, 0.717) is 22.6 Å². The molecule has 0 fully saturated rings. The monoisotopic (exact) mass is 455 g/mol. The number of aryl methyl sites for hydroxylation is 2. The van der Waals surface area contributed by atoms with Crippen LogP contribution >= 0.6 is 0 Å². The summed E-state index contributed by atoms with van der Waals surface area (Å²) in [6, 6.07) is 5.84. The normalized spacial score (nSPS) is 12.3. The average molecular weight is 455 g/mol. The van der Waals surface area contributed by atoms with Gasteiger partial charge in [0.15, 0.2) is 9.84 Å². The Hall–Kier alpha value is -3.02. The minimum absolute atomic E-state index is 0.0218. The number of fused-ring (bicyclic) bond motifs is 1. The number of rotatable bonds is 6. The van der Waals surface area contributed by atoms with E-state index < -0.39 is 21.8 Å². The highest BCUT2D eigenvalue weighted by Crippen LogP contribution is 2.27. The Labute approximate surface area is 176 Å². The van der Waals surface area contributed by atoms with Crippen LogP contribution in [0.4, 0.5) is 18.9 Å². The molecule has 3 aromatic rings. The summed E-state index contributed by atoms with van der Waals surface area (Å²) < 4.78 is 63.3. The number of sulfone groups is 1. The molecule has 0 unspecified atom stereocenters. The molecule has 3 rings (SSSR count). The molecule has 0 saturated heterocycles. The van der Waals surface area contributed by atoms with Crippen molar-refractivity contribution in [1.29, 1.82) is 0 Å². The second-order valence-electron chi connectivity index (χ2n) is 6.88. The number of alkyl halides is 3. The van der Waals surface area contributed by atoms with E-state index in [1.165, 1.54) is 24.3 Å². The quantitative estimate of drug-likeness (QED) is 0.612. The smallest absolute Gasteiger partial charge is 0.326 e. The number of aromatic nitrogens is 4. The molecule has 0 aliphatic rings. The maximum Gasteiger partial charge on any atom is 0.453 e. The standard InChI is InChI=1S/C19H20F3N5O3S/c1-4-31(29,30)14-7-5-13(6-8-14)24-16(28)10-9-15-11(2)23-18-25-17(19(20,21)22)26-27(18)12(15)3/h5-8H,4,9-10H2,1-3H3,(H,24,28). The Morgan fingerprint density at radius 1 is 1.13 bits per heavy atom. The largest absolute Gasteiger partial charge is 0.453 e. The maximum absolute atomic E-state index is 12.9. The molecule has 0 aliphatic carbocycles. The van der Waals surface area contributed by atoms with Crippen molar-refractivity contribution in [3.05, 3.63) is 47.0 Å². The Bertz CT molecular complexity index is 1240. The molecule has 1 amide bonds. The van der Waals surface area contributed by atoms with Crippen molar-refractivity contribution < 1.29 is 26.4 Å². The predicted molar refractivity (Wildman–Crippen MR) is 106 cm³/mol. The molecule has 8 nitrogen and oxygen atoms in total. The van der Waals surface area contributed by atoms with Crippen LogP contribution < -0.4 is 5.32 Å². The lowest BCUT2D eigenvalue weighted by molar-refractivity contribution is -0.144. The van der Waals surface area contributed by atoms with Crippen molar-refractivity contribution in [2.75, 3.05) is 11.1 Å². The van der Waals surface area contributed by atoms with E-state index in [0.717, 1.165) is 4.52 Å². The highest BCUT2D eigenvalue weighted by molar-refractivity contribution is 7.91. The van der Waals surface area contributed by atoms with Gasteiger partial charge in [-0.3, -0.25) is 4.79 Å². The van der Waals surface area contributed by atoms with E-state index in [4.69, 9.17) is 0 Å². The van der Waals surface area contributed by atoms with E-state index in [2.05, 4.69) is 20.4 Å². The number of carbonyl (C=O) groups excluding carboxylic acids is 1. The Balaban J connectivity index is 1.72. The summed E-state index contributed by atoms with van der Waals surface area (Å²) in [6.07, 6.45) is -4.40. The van der Waals surface area contributed by atoms with Crippen LogP contribution in [-0.2, 0) is 27.2 Å². The molecule has 0 atom stereocenters. The van der Waals surface area contributed by atoms with Crippen LogP contribution in [0.3, 0.4) is 0 Å². The van der Waals surface area contributed by atoms with Gasteiger partial charge < -0.3 is 5.32 Å². The van der Waals surface area contributed by atoms with Gasteiger partial charge in [0.1, 0.15) is 0 Å². The van der Waals surface area contributed by atoms with Gasteiger partial charge in [0, 0.05) is 23.5 Å². The molecule has 0 radical (unpaired) electrons. The van der Waals surface area contributed by atoms with Gasteiger partial charge in [-0.2, -0.15) is 18.2 Å². The van der Waals surface area contributed by atoms with Crippen molar-refractivity contribution in [2.24, 2.45) is 0 Å². The van der Waals surface area contributed by atoms with E-state index in [1.807, 2.05) is 0 Å². The van der Waals surface area contributed by atoms with Crippen LogP contribution in [0.5, 0.6) is 0 Å². The molecule has 12 heteroatoms. The van der Waals surface area contributed by atoms with Crippen molar-refractivity contribution >= 4 is 27.2 Å². The summed E-state index contributed by atoms with van der Waals surface area (Å²) in [5.74, 6) is -1.78. The molecular weight excluding hydrogens is 435 g/mol. The zero-order valence-corrected chi connectivity index (χ0v) is 17.8. The lowest BCUT2D eigenvalue weighted by Crippen LogP contribution is -2.14. The second kappa shape index (κ2) is 8.25. The first-order valence-corrected chi connectivity index (χ1v) is 11.0. The third-order valence-corrected chi connectivity index (χ3v) is 6.53. The van der Waals surface area contributed by atoms with Crippen LogP contribution in [0, 0.1) is 13.8 Å². The number of carbonyl (C=O) groups is 1. The topological polar surface area (TPSA) is 106 Å². The van der Waals surface area contributed by atoms with Gasteiger partial charge in [0.05, 0.1) is 10.6 Å². The predicted octanol–water partition coefficient (Wildman–Crippen LogP) is 3.12. The summed E-state index contributed by atoms with van der Waals surface area (Å²) in [4.78, 5) is 20.0. The molecular formula is C19H20F3N5O3S. The summed E-state index contributed by atoms with van der Waals surface area (Å²) >= 11 is 0. The van der Waals surface area contributed by atoms with Gasteiger partial charge in [-0.1, -0.05) is 6.92 Å². The van der Waals surface area contributed by atoms with E-state index in [-0.39, 0.29) is 35.2 Å². The molecule has 31 heavy (non-hydrogen) atoms. The minimum atomic E-state index is -4.68. The third kappa shape index (κ3) is 4.84. The molecule has 2 heterocycles. The SMILES string of the molecule is CCS(=O)(=O)c1ccc(NC(=O)CCc2c(C)nc3nc(C(F)(F)F)nn3c2C)cc1. The van der Waals surface area contributed by atoms with Gasteiger partial charge in [0.25, 0.3) is 11.6 Å². The van der Waals surface area contributed by atoms with Crippen LogP contribution in [-0.4, -0.2) is 39.7 Å². The van der Waals surface area contributed by atoms with Crippen LogP contribution in [0.15, 0.2) is 29.2 Å². The van der Waals surface area contributed by atoms with Gasteiger partial charge in [-0.05, 0) is 50.1 Å². The zero-order valence-electron chi connectivity index (χ0n) is 17.0. The fourth-order valence-electron chi connectivity index (χ4n) is 3.06. The molecule has 166 valence electrons. The first kappa shape index (κ1) is 22.7. The van der Waals surface area contributed by atoms with Gasteiger partial charge >= 0.3 is 6.18 Å². The molecule has 0 spiro atoms. The van der Waals surface area contributed by atoms with Crippen LogP contribution in [0.1, 0.15) is 36.1 Å². The highest BCUT2D eigenvalue weighted by atomic mass is 32.2. The molecule has 0 aliphatic heterocycles. The third-order valence-electron chi connectivity index (χ3n) is 4.78. The number of benzene rings is 1. The number of nitrogens with one attached hydrogen (secondary N) is 1. The first-order valence-electron chi connectivity index (χ1n) is 9.35. The number of hydrogen-bond acceptors (Lipinski definition) is 6. The van der Waals surface area contributed by atoms with Gasteiger partial charge in [0.2, 0.25) is 5.91 Å². The van der Waals surface area contributed by atoms with E-state index >= 15 is 0 Å². The van der Waals surface area contributed by atoms with Crippen molar-refractivity contribution in [3.63, 3.8) is 0 Å². The molecule has 0 bridgehead atoms. The number of halogens is 3. The average Bonchev–Trinajstić information content (AvgIpc) is 3.13. The van der Waals surface area contributed by atoms with Crippen molar-refractivity contribution in [1.82, 2.24) is 19.6 Å². The summed E-state index contributed by atoms with van der Waals surface area (Å²) in [6.45, 7) is 4.77. The first-order chi connectivity index (χ1) is 14.4. The molecule has 0 saturated carbocycles. The lowest BCUT2D eigenvalue weighted by atomic mass is 10.1. The van der Waals surface area contributed by atoms with Crippen LogP contribution in [0.25, 0.3) is 5.78 Å². The van der Waals surface area contributed by atoms with E-state index in [9.17, 15) is 26.4 Å². The molecule has 2 aromatic heterocycles. The summed E-state index contributed by atoms with van der Waals surface area (Å²) in [7, 11) is -3.33. The van der Waals surface area contributed by atoms with Crippen LogP contribution in [0.2, 0.25) is 0 Å². The van der Waals surface area contributed by atoms with E-state index in [1.54, 1.807) is 20.8 Å². The zero-order chi connectivity index (χ0) is 23.0. The van der Waals surface area contributed by atoms with Gasteiger partial charge in [-0.25, -0.2) is 17.9 Å². The fraction of sp³-hybridized carbons (Fsp3) is 0.368. The molecule has 1 N–H and O–H groups in total. The Morgan fingerprint density at radius 3 is 2.35 bits per heavy atom. The second-order valence-corrected chi connectivity index (χ2v) is 9.16. The summed E-state index contributed by atoms with van der Waals surface area (Å²) in [5, 5.41) is 6.15. The molecule has 1 aromatic carbocycles. The maximum atomic E-state index is 12.9. The number of nitrogens with zero attached hydrogens (tertiary/aromatic N) is 4. The highest BCUT2D eigenvalue weighted by Gasteiger charge is 2.37. The fourth-order valence-corrected chi connectivity index (χ4v) is 3.95. The lowest BCUT2D eigenvalue weighted by Gasteiger charge is -2.11. The number of anilines is 1.